The molecule has 0 amide bonds. The lowest BCUT2D eigenvalue weighted by Gasteiger charge is -2.09. The first kappa shape index (κ1) is 19.5. The van der Waals surface area contributed by atoms with Gasteiger partial charge in [-0.2, -0.15) is 13.2 Å². The van der Waals surface area contributed by atoms with Crippen LogP contribution < -0.4 is 4.74 Å². The van der Waals surface area contributed by atoms with Gasteiger partial charge < -0.3 is 4.74 Å². The van der Waals surface area contributed by atoms with Crippen molar-refractivity contribution in [2.45, 2.75) is 13.1 Å². The molecule has 0 aliphatic heterocycles. The Hall–Kier alpha value is -3.82. The van der Waals surface area contributed by atoms with E-state index in [0.29, 0.717) is 22.6 Å². The fraction of sp³-hybridized carbons (Fsp3) is 0.150. The first-order valence-corrected chi connectivity index (χ1v) is 8.73. The lowest BCUT2D eigenvalue weighted by Crippen LogP contribution is -2.05. The first-order chi connectivity index (χ1) is 14.3. The highest BCUT2D eigenvalue weighted by Gasteiger charge is 2.31. The second-order valence-corrected chi connectivity index (χ2v) is 6.39. The zero-order valence-electron chi connectivity index (χ0n) is 15.8. The summed E-state index contributed by atoms with van der Waals surface area (Å²) in [5.41, 5.74) is 0.476. The van der Waals surface area contributed by atoms with Gasteiger partial charge in [-0.15, -0.1) is 10.2 Å². The number of carbonyl (C=O) groups excluding carboxylic acids is 1. The number of benzene rings is 1. The average molecular weight is 413 g/mol. The molecule has 10 heteroatoms. The van der Waals surface area contributed by atoms with Crippen LogP contribution in [0.3, 0.4) is 0 Å². The van der Waals surface area contributed by atoms with Crippen molar-refractivity contribution in [2.24, 2.45) is 0 Å². The van der Waals surface area contributed by atoms with Crippen LogP contribution in [0.25, 0.3) is 28.4 Å². The van der Waals surface area contributed by atoms with Crippen LogP contribution in [0.1, 0.15) is 22.8 Å². The van der Waals surface area contributed by atoms with Gasteiger partial charge in [-0.25, -0.2) is 4.98 Å². The molecule has 30 heavy (non-hydrogen) atoms. The maximum atomic E-state index is 13.2. The summed E-state index contributed by atoms with van der Waals surface area (Å²) in [6, 6.07) is 9.62. The number of halogens is 3. The summed E-state index contributed by atoms with van der Waals surface area (Å²) in [5, 5.41) is 8.01. The average Bonchev–Trinajstić information content (AvgIpc) is 3.12. The van der Waals surface area contributed by atoms with Crippen LogP contribution >= 0.6 is 0 Å². The predicted molar refractivity (Wildman–Crippen MR) is 101 cm³/mol. The lowest BCUT2D eigenvalue weighted by molar-refractivity contribution is -0.137. The fourth-order valence-electron chi connectivity index (χ4n) is 2.94. The number of hydrogen-bond donors (Lipinski definition) is 0. The quantitative estimate of drug-likeness (QED) is 0.469. The second kappa shape index (κ2) is 7.21. The van der Waals surface area contributed by atoms with Crippen molar-refractivity contribution in [3.63, 3.8) is 0 Å². The smallest absolute Gasteiger partial charge is 0.416 e. The molecule has 0 bridgehead atoms. The van der Waals surface area contributed by atoms with Gasteiger partial charge in [0, 0.05) is 17.8 Å². The maximum Gasteiger partial charge on any atom is 0.416 e. The van der Waals surface area contributed by atoms with Crippen LogP contribution in [0.2, 0.25) is 0 Å². The first-order valence-electron chi connectivity index (χ1n) is 8.73. The number of nitrogens with zero attached hydrogens (tertiary/aromatic N) is 5. The van der Waals surface area contributed by atoms with Gasteiger partial charge >= 0.3 is 6.18 Å². The molecule has 0 N–H and O–H groups in total. The number of pyridine rings is 1. The number of ketones is 1. The third kappa shape index (κ3) is 3.47. The minimum Gasteiger partial charge on any atom is -0.480 e. The minimum atomic E-state index is -4.50. The molecule has 0 aliphatic rings. The number of ether oxygens (including phenoxy) is 1. The van der Waals surface area contributed by atoms with E-state index in [0.717, 1.165) is 12.1 Å². The SMILES string of the molecule is COc1ccc(-n2c(-c3ccc(C(C)=O)cn3)nc3cc(C(F)(F)F)ccc32)nn1. The molecule has 4 rings (SSSR count). The number of imidazole rings is 1. The molecule has 0 aliphatic carbocycles. The number of alkyl halides is 3. The zero-order valence-corrected chi connectivity index (χ0v) is 15.8. The van der Waals surface area contributed by atoms with Gasteiger partial charge in [-0.3, -0.25) is 14.3 Å². The van der Waals surface area contributed by atoms with Crippen molar-refractivity contribution in [3.8, 4) is 23.2 Å². The Morgan fingerprint density at radius 2 is 1.87 bits per heavy atom. The van der Waals surface area contributed by atoms with E-state index < -0.39 is 11.7 Å². The Bertz CT molecular complexity index is 1230. The molecule has 0 radical (unpaired) electrons. The van der Waals surface area contributed by atoms with E-state index in [4.69, 9.17) is 4.74 Å². The number of hydrogen-bond acceptors (Lipinski definition) is 6. The van der Waals surface area contributed by atoms with Crippen molar-refractivity contribution in [3.05, 3.63) is 59.8 Å². The summed E-state index contributed by atoms with van der Waals surface area (Å²) < 4.78 is 46.0. The Balaban J connectivity index is 1.95. The van der Waals surface area contributed by atoms with Crippen molar-refractivity contribution >= 4 is 16.8 Å². The van der Waals surface area contributed by atoms with Crippen LogP contribution in [0.4, 0.5) is 13.2 Å². The molecule has 3 aromatic heterocycles. The van der Waals surface area contributed by atoms with Gasteiger partial charge in [0.15, 0.2) is 17.4 Å². The number of carbonyl (C=O) groups is 1. The fourth-order valence-corrected chi connectivity index (χ4v) is 2.94. The van der Waals surface area contributed by atoms with Crippen molar-refractivity contribution in [1.29, 1.82) is 0 Å². The summed E-state index contributed by atoms with van der Waals surface area (Å²) in [7, 11) is 1.45. The second-order valence-electron chi connectivity index (χ2n) is 6.39. The number of rotatable bonds is 4. The van der Waals surface area contributed by atoms with E-state index in [-0.39, 0.29) is 23.0 Å². The summed E-state index contributed by atoms with van der Waals surface area (Å²) in [6.45, 7) is 1.41. The van der Waals surface area contributed by atoms with Gasteiger partial charge in [0.25, 0.3) is 0 Å². The summed E-state index contributed by atoms with van der Waals surface area (Å²) in [6.07, 6.45) is -3.11. The van der Waals surface area contributed by atoms with Gasteiger partial charge in [-0.1, -0.05) is 0 Å². The monoisotopic (exact) mass is 413 g/mol. The van der Waals surface area contributed by atoms with E-state index >= 15 is 0 Å². The van der Waals surface area contributed by atoms with E-state index in [1.54, 1.807) is 28.8 Å². The van der Waals surface area contributed by atoms with Crippen LogP contribution in [0.5, 0.6) is 5.88 Å². The molecule has 0 fully saturated rings. The number of aromatic nitrogens is 5. The highest BCUT2D eigenvalue weighted by Crippen LogP contribution is 2.33. The molecule has 1 aromatic carbocycles. The third-order valence-corrected chi connectivity index (χ3v) is 4.45. The molecule has 0 atom stereocenters. The molecule has 4 aromatic rings. The van der Waals surface area contributed by atoms with Gasteiger partial charge in [0.05, 0.1) is 23.7 Å². The van der Waals surface area contributed by atoms with Crippen LogP contribution in [0.15, 0.2) is 48.7 Å². The predicted octanol–water partition coefficient (Wildman–Crippen LogP) is 4.11. The van der Waals surface area contributed by atoms with Crippen molar-refractivity contribution in [1.82, 2.24) is 24.7 Å². The van der Waals surface area contributed by atoms with E-state index in [1.807, 2.05) is 0 Å². The Morgan fingerprint density at radius 1 is 1.07 bits per heavy atom. The number of methoxy groups -OCH3 is 1. The molecule has 0 saturated heterocycles. The van der Waals surface area contributed by atoms with Crippen molar-refractivity contribution in [2.75, 3.05) is 7.11 Å². The summed E-state index contributed by atoms with van der Waals surface area (Å²) in [5.74, 6) is 0.718. The summed E-state index contributed by atoms with van der Waals surface area (Å²) in [4.78, 5) is 20.1. The molecule has 7 nitrogen and oxygen atoms in total. The molecular weight excluding hydrogens is 399 g/mol. The maximum absolute atomic E-state index is 13.2. The highest BCUT2D eigenvalue weighted by molar-refractivity contribution is 5.94. The standard InChI is InChI=1S/C20H14F3N5O2/c1-11(29)12-3-5-14(24-10-12)19-25-15-9-13(20(21,22)23)4-6-16(15)28(19)17-7-8-18(30-2)27-26-17/h3-10H,1-2H3. The van der Waals surface area contributed by atoms with Gasteiger partial charge in [0.2, 0.25) is 5.88 Å². The minimum absolute atomic E-state index is 0.120. The molecular formula is C20H14F3N5O2. The molecule has 0 spiro atoms. The Labute approximate surface area is 168 Å². The van der Waals surface area contributed by atoms with E-state index in [1.165, 1.54) is 26.3 Å². The van der Waals surface area contributed by atoms with Crippen LogP contribution in [0, 0.1) is 0 Å². The molecule has 0 unspecified atom stereocenters. The van der Waals surface area contributed by atoms with Crippen LogP contribution in [-0.4, -0.2) is 37.6 Å². The topological polar surface area (TPSA) is 82.8 Å². The summed E-state index contributed by atoms with van der Waals surface area (Å²) >= 11 is 0. The Morgan fingerprint density at radius 3 is 2.43 bits per heavy atom. The third-order valence-electron chi connectivity index (χ3n) is 4.45. The van der Waals surface area contributed by atoms with Gasteiger partial charge in [0.1, 0.15) is 5.69 Å². The van der Waals surface area contributed by atoms with Gasteiger partial charge in [-0.05, 0) is 43.3 Å². The largest absolute Gasteiger partial charge is 0.480 e. The van der Waals surface area contributed by atoms with Crippen LogP contribution in [-0.2, 0) is 6.18 Å². The normalized spacial score (nSPS) is 11.6. The number of Topliss-reactive ketones (excluding diaryl/α,β-unsaturated/α-hetero) is 1. The van der Waals surface area contributed by atoms with E-state index in [9.17, 15) is 18.0 Å². The highest BCUT2D eigenvalue weighted by atomic mass is 19.4. The molecule has 3 heterocycles. The number of fused-ring (bicyclic) bond motifs is 1. The molecule has 152 valence electrons. The van der Waals surface area contributed by atoms with E-state index in [2.05, 4.69) is 20.2 Å². The van der Waals surface area contributed by atoms with Crippen molar-refractivity contribution < 1.29 is 22.7 Å². The molecule has 0 saturated carbocycles. The Kier molecular flexibility index (Phi) is 4.69. The lowest BCUT2D eigenvalue weighted by atomic mass is 10.2. The zero-order chi connectivity index (χ0) is 21.5.